The molecule has 1 aromatic rings. The third-order valence-corrected chi connectivity index (χ3v) is 2.65. The van der Waals surface area contributed by atoms with E-state index in [9.17, 15) is 9.59 Å². The molecule has 1 heterocycles. The fourth-order valence-electron chi connectivity index (χ4n) is 1.70. The van der Waals surface area contributed by atoms with Gasteiger partial charge in [-0.1, -0.05) is 13.8 Å². The lowest BCUT2D eigenvalue weighted by Crippen LogP contribution is -2.49. The van der Waals surface area contributed by atoms with Crippen LogP contribution >= 0.6 is 0 Å². The number of rotatable bonds is 7. The van der Waals surface area contributed by atoms with Crippen LogP contribution in [0.2, 0.25) is 0 Å². The van der Waals surface area contributed by atoms with Gasteiger partial charge >= 0.3 is 5.97 Å². The summed E-state index contributed by atoms with van der Waals surface area (Å²) in [6.07, 6.45) is 3.74. The number of H-pyrrole nitrogens is 1. The van der Waals surface area contributed by atoms with Crippen molar-refractivity contribution >= 4 is 11.9 Å². The molecule has 0 saturated heterocycles. The highest BCUT2D eigenvalue weighted by Gasteiger charge is 2.24. The van der Waals surface area contributed by atoms with Crippen LogP contribution < -0.4 is 11.1 Å². The maximum Gasteiger partial charge on any atom is 0.326 e. The number of aromatic nitrogens is 2. The number of nitrogens with one attached hydrogen (secondary N) is 2. The zero-order chi connectivity index (χ0) is 14.4. The highest BCUT2D eigenvalue weighted by Crippen LogP contribution is 2.05. The van der Waals surface area contributed by atoms with Gasteiger partial charge in [-0.2, -0.15) is 0 Å². The summed E-state index contributed by atoms with van der Waals surface area (Å²) in [6.45, 7) is 3.79. The number of amides is 1. The van der Waals surface area contributed by atoms with Crippen LogP contribution in [0.25, 0.3) is 0 Å². The van der Waals surface area contributed by atoms with Gasteiger partial charge in [0, 0.05) is 18.3 Å². The van der Waals surface area contributed by atoms with Crippen LogP contribution in [0.15, 0.2) is 12.5 Å². The molecule has 0 radical (unpaired) electrons. The number of aliphatic carboxylic acids is 1. The smallest absolute Gasteiger partial charge is 0.326 e. The third-order valence-electron chi connectivity index (χ3n) is 2.65. The predicted octanol–water partition coefficient (Wildman–Crippen LogP) is -0.105. The van der Waals surface area contributed by atoms with Crippen molar-refractivity contribution in [2.24, 2.45) is 11.7 Å². The maximum atomic E-state index is 11.8. The number of carboxylic acids is 1. The summed E-state index contributed by atoms with van der Waals surface area (Å²) < 4.78 is 0. The molecular formula is C12H20N4O3. The van der Waals surface area contributed by atoms with E-state index >= 15 is 0 Å². The van der Waals surface area contributed by atoms with E-state index in [-0.39, 0.29) is 5.92 Å². The van der Waals surface area contributed by atoms with Crippen molar-refractivity contribution in [2.75, 3.05) is 0 Å². The molecule has 0 spiro atoms. The molecule has 0 bridgehead atoms. The molecule has 1 rings (SSSR count). The molecule has 0 aromatic carbocycles. The third kappa shape index (κ3) is 5.09. The second-order valence-electron chi connectivity index (χ2n) is 4.92. The molecule has 2 unspecified atom stereocenters. The Kier molecular flexibility index (Phi) is 5.50. The highest BCUT2D eigenvalue weighted by molar-refractivity contribution is 5.86. The average molecular weight is 268 g/mol. The van der Waals surface area contributed by atoms with Gasteiger partial charge < -0.3 is 21.1 Å². The summed E-state index contributed by atoms with van der Waals surface area (Å²) in [5.41, 5.74) is 6.47. The van der Waals surface area contributed by atoms with Crippen molar-refractivity contribution in [3.63, 3.8) is 0 Å². The zero-order valence-corrected chi connectivity index (χ0v) is 11.1. The quantitative estimate of drug-likeness (QED) is 0.550. The largest absolute Gasteiger partial charge is 0.480 e. The van der Waals surface area contributed by atoms with Crippen molar-refractivity contribution in [3.8, 4) is 0 Å². The van der Waals surface area contributed by atoms with Crippen molar-refractivity contribution in [1.29, 1.82) is 0 Å². The highest BCUT2D eigenvalue weighted by atomic mass is 16.4. The summed E-state index contributed by atoms with van der Waals surface area (Å²) in [7, 11) is 0. The number of imidazole rings is 1. The lowest BCUT2D eigenvalue weighted by molar-refractivity contribution is -0.142. The fourth-order valence-corrected chi connectivity index (χ4v) is 1.70. The van der Waals surface area contributed by atoms with Gasteiger partial charge in [-0.3, -0.25) is 4.79 Å². The SMILES string of the molecule is CC(C)CC(NC(=O)C(N)Cc1cnc[nH]1)C(=O)O. The maximum absolute atomic E-state index is 11.8. The molecule has 1 amide bonds. The first-order chi connectivity index (χ1) is 8.90. The first-order valence-electron chi connectivity index (χ1n) is 6.16. The molecule has 0 aliphatic carbocycles. The number of hydrogen-bond donors (Lipinski definition) is 4. The van der Waals surface area contributed by atoms with E-state index in [1.807, 2.05) is 13.8 Å². The number of nitrogens with two attached hydrogens (primary N) is 1. The molecule has 7 heteroatoms. The minimum atomic E-state index is -1.05. The van der Waals surface area contributed by atoms with Crippen LogP contribution in [0.3, 0.4) is 0 Å². The fraction of sp³-hybridized carbons (Fsp3) is 0.583. The zero-order valence-electron chi connectivity index (χ0n) is 11.1. The van der Waals surface area contributed by atoms with Crippen LogP contribution in [0.4, 0.5) is 0 Å². The van der Waals surface area contributed by atoms with Crippen molar-refractivity contribution in [3.05, 3.63) is 18.2 Å². The van der Waals surface area contributed by atoms with E-state index in [0.29, 0.717) is 12.8 Å². The minimum absolute atomic E-state index is 0.172. The van der Waals surface area contributed by atoms with E-state index in [4.69, 9.17) is 10.8 Å². The number of carbonyl (C=O) groups excluding carboxylic acids is 1. The predicted molar refractivity (Wildman–Crippen MR) is 69.3 cm³/mol. The molecule has 5 N–H and O–H groups in total. The van der Waals surface area contributed by atoms with Gasteiger partial charge in [0.25, 0.3) is 0 Å². The number of aromatic amines is 1. The molecule has 0 aliphatic rings. The molecule has 0 saturated carbocycles. The van der Waals surface area contributed by atoms with Gasteiger partial charge in [0.05, 0.1) is 12.4 Å². The van der Waals surface area contributed by atoms with Gasteiger partial charge in [0.2, 0.25) is 5.91 Å². The van der Waals surface area contributed by atoms with E-state index in [1.54, 1.807) is 6.20 Å². The molecular weight excluding hydrogens is 248 g/mol. The molecule has 2 atom stereocenters. The van der Waals surface area contributed by atoms with Gasteiger partial charge in [0.15, 0.2) is 0 Å². The van der Waals surface area contributed by atoms with E-state index < -0.39 is 24.0 Å². The molecule has 0 fully saturated rings. The van der Waals surface area contributed by atoms with E-state index in [0.717, 1.165) is 5.69 Å². The Hall–Kier alpha value is -1.89. The van der Waals surface area contributed by atoms with Crippen LogP contribution in [0.5, 0.6) is 0 Å². The summed E-state index contributed by atoms with van der Waals surface area (Å²) in [4.78, 5) is 29.5. The van der Waals surface area contributed by atoms with Crippen LogP contribution in [0, 0.1) is 5.92 Å². The van der Waals surface area contributed by atoms with Gasteiger partial charge in [-0.25, -0.2) is 9.78 Å². The summed E-state index contributed by atoms with van der Waals surface area (Å²) in [6, 6.07) is -1.70. The standard InChI is InChI=1S/C12H20N4O3/c1-7(2)3-10(12(18)19)16-11(17)9(13)4-8-5-14-6-15-8/h5-7,9-10H,3-4,13H2,1-2H3,(H,14,15)(H,16,17)(H,18,19). The second kappa shape index (κ2) is 6.89. The molecule has 0 aliphatic heterocycles. The van der Waals surface area contributed by atoms with Gasteiger partial charge in [0.1, 0.15) is 6.04 Å². The number of carbonyl (C=O) groups is 2. The first kappa shape index (κ1) is 15.2. The van der Waals surface area contributed by atoms with Gasteiger partial charge in [-0.05, 0) is 12.3 Å². The van der Waals surface area contributed by atoms with Crippen LogP contribution in [0.1, 0.15) is 26.0 Å². The normalized spacial score (nSPS) is 14.1. The Morgan fingerprint density at radius 2 is 2.21 bits per heavy atom. The first-order valence-corrected chi connectivity index (χ1v) is 6.16. The molecule has 19 heavy (non-hydrogen) atoms. The van der Waals surface area contributed by atoms with Crippen molar-refractivity contribution in [2.45, 2.75) is 38.8 Å². The minimum Gasteiger partial charge on any atom is -0.480 e. The molecule has 1 aromatic heterocycles. The summed E-state index contributed by atoms with van der Waals surface area (Å²) >= 11 is 0. The second-order valence-corrected chi connectivity index (χ2v) is 4.92. The number of carboxylic acid groups (broad SMARTS) is 1. The van der Waals surface area contributed by atoms with E-state index in [1.165, 1.54) is 6.33 Å². The monoisotopic (exact) mass is 268 g/mol. The van der Waals surface area contributed by atoms with Crippen LogP contribution in [-0.2, 0) is 16.0 Å². The lowest BCUT2D eigenvalue weighted by atomic mass is 10.0. The summed E-state index contributed by atoms with van der Waals surface area (Å²) in [5, 5.41) is 11.5. The Labute approximate surface area is 111 Å². The average Bonchev–Trinajstić information content (AvgIpc) is 2.79. The summed E-state index contributed by atoms with van der Waals surface area (Å²) in [5.74, 6) is -1.34. The topological polar surface area (TPSA) is 121 Å². The Morgan fingerprint density at radius 3 is 2.68 bits per heavy atom. The number of nitrogens with zero attached hydrogens (tertiary/aromatic N) is 1. The van der Waals surface area contributed by atoms with Crippen molar-refractivity contribution < 1.29 is 14.7 Å². The molecule has 106 valence electrons. The Bertz CT molecular complexity index is 417. The van der Waals surface area contributed by atoms with Gasteiger partial charge in [-0.15, -0.1) is 0 Å². The number of hydrogen-bond acceptors (Lipinski definition) is 4. The van der Waals surface area contributed by atoms with Crippen molar-refractivity contribution in [1.82, 2.24) is 15.3 Å². The molecule has 7 nitrogen and oxygen atoms in total. The van der Waals surface area contributed by atoms with E-state index in [2.05, 4.69) is 15.3 Å². The Morgan fingerprint density at radius 1 is 1.53 bits per heavy atom. The lowest BCUT2D eigenvalue weighted by Gasteiger charge is -2.19. The van der Waals surface area contributed by atoms with Crippen LogP contribution in [-0.4, -0.2) is 39.0 Å². The Balaban J connectivity index is 2.53.